The van der Waals surface area contributed by atoms with Gasteiger partial charge in [-0.25, -0.2) is 4.98 Å². The lowest BCUT2D eigenvalue weighted by Crippen LogP contribution is -2.12. The van der Waals surface area contributed by atoms with E-state index < -0.39 is 0 Å². The molecule has 6 heteroatoms. The molecule has 2 N–H and O–H groups in total. The molecule has 20 heavy (non-hydrogen) atoms. The van der Waals surface area contributed by atoms with Crippen LogP contribution in [-0.2, 0) is 0 Å². The highest BCUT2D eigenvalue weighted by molar-refractivity contribution is 7.07. The minimum absolute atomic E-state index is 0.170. The quantitative estimate of drug-likeness (QED) is 0.758. The first kappa shape index (κ1) is 12.6. The van der Waals surface area contributed by atoms with Crippen LogP contribution in [0.25, 0.3) is 22.6 Å². The molecule has 0 aliphatic rings. The zero-order valence-corrected chi connectivity index (χ0v) is 11.4. The molecule has 0 spiro atoms. The Morgan fingerprint density at radius 3 is 2.60 bits per heavy atom. The van der Waals surface area contributed by atoms with Crippen LogP contribution in [0, 0.1) is 6.92 Å². The van der Waals surface area contributed by atoms with E-state index in [1.54, 1.807) is 23.0 Å². The molecule has 0 unspecified atom stereocenters. The van der Waals surface area contributed by atoms with Gasteiger partial charge in [0, 0.05) is 5.38 Å². The second kappa shape index (κ2) is 4.90. The molecule has 3 rings (SSSR count). The maximum atomic E-state index is 12.2. The average molecular weight is 285 g/mol. The van der Waals surface area contributed by atoms with Gasteiger partial charge in [0.25, 0.3) is 5.56 Å². The molecule has 0 radical (unpaired) electrons. The maximum Gasteiger partial charge on any atom is 0.262 e. The molecular formula is C14H11N3O2S. The molecular weight excluding hydrogens is 274 g/mol. The Hall–Kier alpha value is -2.47. The topological polar surface area (TPSA) is 78.9 Å². The highest BCUT2D eigenvalue weighted by atomic mass is 32.1. The van der Waals surface area contributed by atoms with Crippen LogP contribution in [0.3, 0.4) is 0 Å². The third-order valence-corrected chi connectivity index (χ3v) is 3.50. The van der Waals surface area contributed by atoms with E-state index in [0.29, 0.717) is 11.3 Å². The molecule has 0 amide bonds. The molecule has 100 valence electrons. The number of nitrogens with zero attached hydrogens (tertiary/aromatic N) is 2. The Morgan fingerprint density at radius 1 is 1.25 bits per heavy atom. The SMILES string of the molecule is Cc1ccc(-c2c(O)nc(-c3cscn3)[nH]c2=O)cc1. The lowest BCUT2D eigenvalue weighted by Gasteiger charge is -2.05. The monoisotopic (exact) mass is 285 g/mol. The highest BCUT2D eigenvalue weighted by Gasteiger charge is 2.14. The molecule has 0 bridgehead atoms. The Morgan fingerprint density at radius 2 is 2.00 bits per heavy atom. The van der Waals surface area contributed by atoms with E-state index in [-0.39, 0.29) is 22.8 Å². The van der Waals surface area contributed by atoms with Gasteiger partial charge in [-0.2, -0.15) is 4.98 Å². The second-order valence-corrected chi connectivity index (χ2v) is 5.07. The number of aromatic nitrogens is 3. The number of hydrogen-bond donors (Lipinski definition) is 2. The number of hydrogen-bond acceptors (Lipinski definition) is 5. The Labute approximate surface area is 118 Å². The van der Waals surface area contributed by atoms with E-state index in [0.717, 1.165) is 5.56 Å². The van der Waals surface area contributed by atoms with E-state index in [4.69, 9.17) is 0 Å². The Balaban J connectivity index is 2.14. The number of rotatable bonds is 2. The number of aromatic amines is 1. The van der Waals surface area contributed by atoms with E-state index in [1.807, 2.05) is 19.1 Å². The van der Waals surface area contributed by atoms with E-state index in [9.17, 15) is 9.90 Å². The molecule has 0 saturated heterocycles. The molecule has 1 aromatic carbocycles. The Kier molecular flexibility index (Phi) is 3.08. The van der Waals surface area contributed by atoms with Crippen molar-refractivity contribution in [3.8, 4) is 28.5 Å². The fourth-order valence-corrected chi connectivity index (χ4v) is 2.43. The van der Waals surface area contributed by atoms with Gasteiger partial charge in [0.2, 0.25) is 5.88 Å². The zero-order valence-electron chi connectivity index (χ0n) is 10.6. The van der Waals surface area contributed by atoms with Crippen molar-refractivity contribution in [3.05, 3.63) is 51.1 Å². The van der Waals surface area contributed by atoms with Crippen LogP contribution in [-0.4, -0.2) is 20.1 Å². The summed E-state index contributed by atoms with van der Waals surface area (Å²) in [6, 6.07) is 7.32. The lowest BCUT2D eigenvalue weighted by atomic mass is 10.1. The van der Waals surface area contributed by atoms with Crippen LogP contribution in [0.4, 0.5) is 0 Å². The number of nitrogens with one attached hydrogen (secondary N) is 1. The first-order valence-corrected chi connectivity index (χ1v) is 6.88. The number of aryl methyl sites for hydroxylation is 1. The smallest absolute Gasteiger partial charge is 0.262 e. The molecule has 5 nitrogen and oxygen atoms in total. The molecule has 0 fully saturated rings. The molecule has 0 aliphatic carbocycles. The van der Waals surface area contributed by atoms with Crippen molar-refractivity contribution in [2.24, 2.45) is 0 Å². The standard InChI is InChI=1S/C14H11N3O2S/c1-8-2-4-9(5-3-8)11-13(18)16-12(17-14(11)19)10-6-20-7-15-10/h2-7H,1H3,(H2,16,17,18,19). The van der Waals surface area contributed by atoms with Crippen molar-refractivity contribution in [1.29, 1.82) is 0 Å². The van der Waals surface area contributed by atoms with Gasteiger partial charge in [-0.3, -0.25) is 4.79 Å². The molecule has 0 aliphatic heterocycles. The van der Waals surface area contributed by atoms with Crippen LogP contribution in [0.15, 0.2) is 40.0 Å². The van der Waals surface area contributed by atoms with Crippen LogP contribution >= 0.6 is 11.3 Å². The van der Waals surface area contributed by atoms with Gasteiger partial charge in [0.1, 0.15) is 11.3 Å². The summed E-state index contributed by atoms with van der Waals surface area (Å²) in [6.07, 6.45) is 0. The van der Waals surface area contributed by atoms with Crippen molar-refractivity contribution in [2.75, 3.05) is 0 Å². The third-order valence-electron chi connectivity index (χ3n) is 2.92. The maximum absolute atomic E-state index is 12.2. The van der Waals surface area contributed by atoms with Gasteiger partial charge in [-0.15, -0.1) is 11.3 Å². The van der Waals surface area contributed by atoms with Gasteiger partial charge in [-0.05, 0) is 12.5 Å². The number of benzene rings is 1. The number of thiazole rings is 1. The fraction of sp³-hybridized carbons (Fsp3) is 0.0714. The van der Waals surface area contributed by atoms with E-state index >= 15 is 0 Å². The molecule has 3 aromatic rings. The molecule has 2 aromatic heterocycles. The summed E-state index contributed by atoms with van der Waals surface area (Å²) in [4.78, 5) is 22.9. The Bertz CT molecular complexity index is 792. The van der Waals surface area contributed by atoms with E-state index in [2.05, 4.69) is 15.0 Å². The molecule has 0 saturated carbocycles. The fourth-order valence-electron chi connectivity index (χ4n) is 1.89. The summed E-state index contributed by atoms with van der Waals surface area (Å²) < 4.78 is 0. The summed E-state index contributed by atoms with van der Waals surface area (Å²) in [6.45, 7) is 1.96. The predicted molar refractivity (Wildman–Crippen MR) is 77.8 cm³/mol. The van der Waals surface area contributed by atoms with Crippen LogP contribution in [0.2, 0.25) is 0 Å². The van der Waals surface area contributed by atoms with Gasteiger partial charge in [-0.1, -0.05) is 29.8 Å². The second-order valence-electron chi connectivity index (χ2n) is 4.35. The number of aromatic hydroxyl groups is 1. The van der Waals surface area contributed by atoms with Crippen molar-refractivity contribution in [2.45, 2.75) is 6.92 Å². The van der Waals surface area contributed by atoms with Gasteiger partial charge in [0.15, 0.2) is 5.82 Å². The van der Waals surface area contributed by atoms with Crippen molar-refractivity contribution in [3.63, 3.8) is 0 Å². The lowest BCUT2D eigenvalue weighted by molar-refractivity contribution is 0.454. The van der Waals surface area contributed by atoms with Crippen LogP contribution in [0.5, 0.6) is 5.88 Å². The minimum Gasteiger partial charge on any atom is -0.493 e. The highest BCUT2D eigenvalue weighted by Crippen LogP contribution is 2.25. The summed E-state index contributed by atoms with van der Waals surface area (Å²) in [5, 5.41) is 11.8. The van der Waals surface area contributed by atoms with E-state index in [1.165, 1.54) is 11.3 Å². The summed E-state index contributed by atoms with van der Waals surface area (Å²) >= 11 is 1.39. The van der Waals surface area contributed by atoms with Gasteiger partial charge < -0.3 is 10.1 Å². The third kappa shape index (κ3) is 2.21. The van der Waals surface area contributed by atoms with Gasteiger partial charge >= 0.3 is 0 Å². The predicted octanol–water partition coefficient (Wildman–Crippen LogP) is 2.57. The minimum atomic E-state index is -0.385. The van der Waals surface area contributed by atoms with Crippen LogP contribution < -0.4 is 5.56 Å². The first-order valence-electron chi connectivity index (χ1n) is 5.94. The van der Waals surface area contributed by atoms with Crippen molar-refractivity contribution < 1.29 is 5.11 Å². The first-order chi connectivity index (χ1) is 9.65. The summed E-state index contributed by atoms with van der Waals surface area (Å²) in [5.74, 6) is -0.0229. The number of H-pyrrole nitrogens is 1. The molecule has 2 heterocycles. The van der Waals surface area contributed by atoms with Gasteiger partial charge in [0.05, 0.1) is 5.51 Å². The van der Waals surface area contributed by atoms with Crippen molar-refractivity contribution in [1.82, 2.24) is 15.0 Å². The normalized spacial score (nSPS) is 10.7. The summed E-state index contributed by atoms with van der Waals surface area (Å²) in [5.41, 5.74) is 3.68. The molecule has 0 atom stereocenters. The summed E-state index contributed by atoms with van der Waals surface area (Å²) in [7, 11) is 0. The average Bonchev–Trinajstić information content (AvgIpc) is 2.94. The largest absolute Gasteiger partial charge is 0.493 e. The van der Waals surface area contributed by atoms with Crippen molar-refractivity contribution >= 4 is 11.3 Å². The zero-order chi connectivity index (χ0) is 14.1. The van der Waals surface area contributed by atoms with Crippen LogP contribution in [0.1, 0.15) is 5.56 Å².